The Balaban J connectivity index is 1.81. The van der Waals surface area contributed by atoms with Crippen molar-refractivity contribution in [3.8, 4) is 0 Å². The first-order valence-electron chi connectivity index (χ1n) is 10.1. The number of hydrogen-bond acceptors (Lipinski definition) is 4. The number of pyridine rings is 1. The second-order valence-corrected chi connectivity index (χ2v) is 8.77. The highest BCUT2D eigenvalue weighted by Gasteiger charge is 2.42. The number of ketones is 1. The summed E-state index contributed by atoms with van der Waals surface area (Å²) in [5.41, 5.74) is 2.00. The second-order valence-electron chi connectivity index (χ2n) is 8.77. The summed E-state index contributed by atoms with van der Waals surface area (Å²) in [6, 6.07) is 6.90. The van der Waals surface area contributed by atoms with Gasteiger partial charge in [-0.25, -0.2) is 8.78 Å². The molecular formula is C24H23F2N3O2. The number of Topliss-reactive ketones (excluding diaryl/α,β-unsaturated/α-hetero) is 1. The molecule has 1 aromatic carbocycles. The summed E-state index contributed by atoms with van der Waals surface area (Å²) >= 11 is 0. The third-order valence-corrected chi connectivity index (χ3v) is 5.70. The average Bonchev–Trinajstić information content (AvgIpc) is 2.69. The standard InChI is InChI=1S/C24H23F2N3O2/c1-13-19(23(31)29-22-15(25)7-4-8-16(22)26)20(14-6-5-9-27-12-14)21-17(28-13)10-24(2,3)11-18(21)30/h4-9,12,20,28H,10-11H2,1-3H3,(H,29,31). The van der Waals surface area contributed by atoms with E-state index in [1.807, 2.05) is 13.8 Å². The van der Waals surface area contributed by atoms with Gasteiger partial charge in [-0.2, -0.15) is 0 Å². The largest absolute Gasteiger partial charge is 0.362 e. The summed E-state index contributed by atoms with van der Waals surface area (Å²) in [7, 11) is 0. The Kier molecular flexibility index (Phi) is 5.21. The summed E-state index contributed by atoms with van der Waals surface area (Å²) in [6.07, 6.45) is 4.22. The molecule has 2 heterocycles. The molecule has 1 atom stereocenters. The molecule has 0 radical (unpaired) electrons. The number of allylic oxidation sites excluding steroid dienone is 3. The van der Waals surface area contributed by atoms with E-state index in [9.17, 15) is 18.4 Å². The molecule has 1 aliphatic heterocycles. The van der Waals surface area contributed by atoms with Crippen LogP contribution >= 0.6 is 0 Å². The molecule has 0 saturated heterocycles. The van der Waals surface area contributed by atoms with Crippen LogP contribution in [0.25, 0.3) is 0 Å². The van der Waals surface area contributed by atoms with Gasteiger partial charge in [-0.3, -0.25) is 14.6 Å². The molecule has 0 bridgehead atoms. The zero-order chi connectivity index (χ0) is 22.3. The number of amides is 1. The van der Waals surface area contributed by atoms with Crippen molar-refractivity contribution >= 4 is 17.4 Å². The monoisotopic (exact) mass is 423 g/mol. The van der Waals surface area contributed by atoms with Gasteiger partial charge in [-0.1, -0.05) is 26.0 Å². The maximum Gasteiger partial charge on any atom is 0.254 e. The van der Waals surface area contributed by atoms with Gasteiger partial charge in [0.05, 0.1) is 0 Å². The summed E-state index contributed by atoms with van der Waals surface area (Å²) < 4.78 is 28.3. The molecule has 0 saturated carbocycles. The number of para-hydroxylation sites is 1. The maximum atomic E-state index is 14.2. The highest BCUT2D eigenvalue weighted by molar-refractivity contribution is 6.10. The molecule has 7 heteroatoms. The van der Waals surface area contributed by atoms with E-state index in [0.29, 0.717) is 29.7 Å². The Labute approximate surface area is 179 Å². The van der Waals surface area contributed by atoms with E-state index >= 15 is 0 Å². The lowest BCUT2D eigenvalue weighted by Gasteiger charge is -2.39. The molecule has 2 aliphatic rings. The van der Waals surface area contributed by atoms with Crippen molar-refractivity contribution in [1.82, 2.24) is 10.3 Å². The number of nitrogens with one attached hydrogen (secondary N) is 2. The number of hydrogen-bond donors (Lipinski definition) is 2. The van der Waals surface area contributed by atoms with Crippen LogP contribution in [-0.2, 0) is 9.59 Å². The molecule has 160 valence electrons. The quantitative estimate of drug-likeness (QED) is 0.757. The number of carbonyl (C=O) groups is 2. The fourth-order valence-corrected chi connectivity index (χ4v) is 4.42. The van der Waals surface area contributed by atoms with Crippen molar-refractivity contribution in [2.45, 2.75) is 39.5 Å². The smallest absolute Gasteiger partial charge is 0.254 e. The molecule has 1 amide bonds. The van der Waals surface area contributed by atoms with E-state index in [4.69, 9.17) is 0 Å². The molecule has 2 N–H and O–H groups in total. The molecule has 5 nitrogen and oxygen atoms in total. The molecule has 31 heavy (non-hydrogen) atoms. The van der Waals surface area contributed by atoms with Crippen LogP contribution in [0.5, 0.6) is 0 Å². The number of benzene rings is 1. The van der Waals surface area contributed by atoms with Gasteiger partial charge in [0.1, 0.15) is 17.3 Å². The average molecular weight is 423 g/mol. The first-order valence-corrected chi connectivity index (χ1v) is 10.1. The predicted octanol–water partition coefficient (Wildman–Crippen LogP) is 4.60. The number of halogens is 2. The zero-order valence-corrected chi connectivity index (χ0v) is 17.6. The van der Waals surface area contributed by atoms with E-state index in [-0.39, 0.29) is 16.8 Å². The number of anilines is 1. The zero-order valence-electron chi connectivity index (χ0n) is 17.6. The van der Waals surface area contributed by atoms with Gasteiger partial charge in [-0.05, 0) is 42.5 Å². The number of dihydropyridines is 1. The van der Waals surface area contributed by atoms with E-state index < -0.39 is 29.1 Å². The van der Waals surface area contributed by atoms with Crippen molar-refractivity contribution in [3.63, 3.8) is 0 Å². The van der Waals surface area contributed by atoms with Gasteiger partial charge >= 0.3 is 0 Å². The first-order chi connectivity index (χ1) is 14.7. The van der Waals surface area contributed by atoms with Crippen molar-refractivity contribution < 1.29 is 18.4 Å². The van der Waals surface area contributed by atoms with Gasteiger partial charge in [-0.15, -0.1) is 0 Å². The normalized spacial score (nSPS) is 20.3. The first kappa shape index (κ1) is 20.9. The summed E-state index contributed by atoms with van der Waals surface area (Å²) in [4.78, 5) is 30.6. The topological polar surface area (TPSA) is 71.1 Å². The van der Waals surface area contributed by atoms with Gasteiger partial charge in [0.15, 0.2) is 5.78 Å². The molecule has 2 aromatic rings. The van der Waals surface area contributed by atoms with Crippen LogP contribution in [0.4, 0.5) is 14.5 Å². The number of aromatic nitrogens is 1. The van der Waals surface area contributed by atoms with Gasteiger partial charge in [0.25, 0.3) is 5.91 Å². The molecule has 1 aromatic heterocycles. The van der Waals surface area contributed by atoms with Gasteiger partial charge < -0.3 is 10.6 Å². The van der Waals surface area contributed by atoms with Crippen LogP contribution in [0.1, 0.15) is 45.1 Å². The molecule has 0 fully saturated rings. The molecule has 4 rings (SSSR count). The van der Waals surface area contributed by atoms with Crippen molar-refractivity contribution in [2.24, 2.45) is 5.41 Å². The summed E-state index contributed by atoms with van der Waals surface area (Å²) in [5.74, 6) is -3.15. The van der Waals surface area contributed by atoms with E-state index in [1.165, 1.54) is 6.07 Å². The lowest BCUT2D eigenvalue weighted by molar-refractivity contribution is -0.118. The Morgan fingerprint density at radius 1 is 1.16 bits per heavy atom. The van der Waals surface area contributed by atoms with E-state index in [0.717, 1.165) is 17.8 Å². The van der Waals surface area contributed by atoms with Crippen LogP contribution < -0.4 is 10.6 Å². The molecular weight excluding hydrogens is 400 g/mol. The molecule has 1 aliphatic carbocycles. The van der Waals surface area contributed by atoms with E-state index in [2.05, 4.69) is 15.6 Å². The summed E-state index contributed by atoms with van der Waals surface area (Å²) in [6.45, 7) is 5.78. The van der Waals surface area contributed by atoms with Crippen LogP contribution in [-0.4, -0.2) is 16.7 Å². The Bertz CT molecular complexity index is 1120. The number of nitrogens with zero attached hydrogens (tertiary/aromatic N) is 1. The SMILES string of the molecule is CC1=C(C(=O)Nc2c(F)cccc2F)C(c2cccnc2)C2=C(CC(C)(C)CC2=O)N1. The van der Waals surface area contributed by atoms with Crippen LogP contribution in [0.2, 0.25) is 0 Å². The third kappa shape index (κ3) is 3.87. The number of rotatable bonds is 3. The Morgan fingerprint density at radius 3 is 2.52 bits per heavy atom. The highest BCUT2D eigenvalue weighted by Crippen LogP contribution is 2.46. The summed E-state index contributed by atoms with van der Waals surface area (Å²) in [5, 5.41) is 5.58. The van der Waals surface area contributed by atoms with Crippen molar-refractivity contribution in [1.29, 1.82) is 0 Å². The fraction of sp³-hybridized carbons (Fsp3) is 0.292. The van der Waals surface area contributed by atoms with Crippen molar-refractivity contribution in [2.75, 3.05) is 5.32 Å². The van der Waals surface area contributed by atoms with Crippen LogP contribution in [0.15, 0.2) is 65.3 Å². The second kappa shape index (κ2) is 7.72. The maximum absolute atomic E-state index is 14.2. The molecule has 1 unspecified atom stereocenters. The highest BCUT2D eigenvalue weighted by atomic mass is 19.1. The molecule has 0 spiro atoms. The minimum atomic E-state index is -0.872. The Morgan fingerprint density at radius 2 is 1.87 bits per heavy atom. The minimum Gasteiger partial charge on any atom is -0.362 e. The van der Waals surface area contributed by atoms with Gasteiger partial charge in [0.2, 0.25) is 0 Å². The number of carbonyl (C=O) groups excluding carboxylic acids is 2. The van der Waals surface area contributed by atoms with Gasteiger partial charge in [0, 0.05) is 47.3 Å². The van der Waals surface area contributed by atoms with E-state index in [1.54, 1.807) is 31.5 Å². The van der Waals surface area contributed by atoms with Crippen molar-refractivity contribution in [3.05, 3.63) is 82.5 Å². The van der Waals surface area contributed by atoms with Crippen LogP contribution in [0.3, 0.4) is 0 Å². The lowest BCUT2D eigenvalue weighted by atomic mass is 9.68. The van der Waals surface area contributed by atoms with Crippen LogP contribution in [0, 0.1) is 17.0 Å². The predicted molar refractivity (Wildman–Crippen MR) is 113 cm³/mol. The Hall–Kier alpha value is -3.35. The fourth-order valence-electron chi connectivity index (χ4n) is 4.42. The third-order valence-electron chi connectivity index (χ3n) is 5.70. The lowest BCUT2D eigenvalue weighted by Crippen LogP contribution is -2.39. The minimum absolute atomic E-state index is 0.0533.